The predicted molar refractivity (Wildman–Crippen MR) is 87.9 cm³/mol. The average molecular weight is 326 g/mol. The first-order valence-corrected chi connectivity index (χ1v) is 8.23. The van der Waals surface area contributed by atoms with Crippen LogP contribution in [0.1, 0.15) is 37.2 Å². The van der Waals surface area contributed by atoms with Gasteiger partial charge in [-0.15, -0.1) is 0 Å². The van der Waals surface area contributed by atoms with Crippen LogP contribution in [-0.2, 0) is 13.1 Å². The second-order valence-corrected chi connectivity index (χ2v) is 6.86. The highest BCUT2D eigenvalue weighted by atomic mass is 16.2. The first-order chi connectivity index (χ1) is 11.5. The molecular formula is C17H22N6O. The Labute approximate surface area is 141 Å². The van der Waals surface area contributed by atoms with Crippen molar-refractivity contribution in [3.8, 4) is 6.07 Å². The van der Waals surface area contributed by atoms with Gasteiger partial charge in [0.05, 0.1) is 19.2 Å². The van der Waals surface area contributed by atoms with Gasteiger partial charge >= 0.3 is 0 Å². The van der Waals surface area contributed by atoms with Crippen molar-refractivity contribution in [1.29, 1.82) is 5.26 Å². The predicted octanol–water partition coefficient (Wildman–Crippen LogP) is 1.93. The summed E-state index contributed by atoms with van der Waals surface area (Å²) in [6.07, 6.45) is 7.29. The molecule has 0 spiro atoms. The van der Waals surface area contributed by atoms with E-state index in [1.54, 1.807) is 28.0 Å². The summed E-state index contributed by atoms with van der Waals surface area (Å²) >= 11 is 0. The van der Waals surface area contributed by atoms with Gasteiger partial charge in [0.2, 0.25) is 0 Å². The molecule has 2 aromatic heterocycles. The van der Waals surface area contributed by atoms with Gasteiger partial charge in [-0.05, 0) is 30.4 Å². The quantitative estimate of drug-likeness (QED) is 0.860. The van der Waals surface area contributed by atoms with Crippen LogP contribution in [0.5, 0.6) is 0 Å². The number of aromatic nitrogens is 4. The largest absolute Gasteiger partial charge is 0.321 e. The zero-order valence-corrected chi connectivity index (χ0v) is 14.1. The van der Waals surface area contributed by atoms with Crippen LogP contribution >= 0.6 is 0 Å². The van der Waals surface area contributed by atoms with Gasteiger partial charge in [-0.1, -0.05) is 13.8 Å². The molecule has 1 aliphatic heterocycles. The molecule has 1 saturated heterocycles. The molecule has 126 valence electrons. The third-order valence-corrected chi connectivity index (χ3v) is 4.63. The van der Waals surface area contributed by atoms with Crippen LogP contribution in [0.4, 0.5) is 0 Å². The highest BCUT2D eigenvalue weighted by molar-refractivity contribution is 5.92. The number of hydrogen-bond acceptors (Lipinski definition) is 4. The van der Waals surface area contributed by atoms with E-state index in [-0.39, 0.29) is 11.3 Å². The zero-order valence-electron chi connectivity index (χ0n) is 14.1. The number of carbonyl (C=O) groups is 1. The van der Waals surface area contributed by atoms with E-state index in [1.165, 1.54) is 0 Å². The summed E-state index contributed by atoms with van der Waals surface area (Å²) in [6, 6.07) is 5.49. The van der Waals surface area contributed by atoms with E-state index in [4.69, 9.17) is 0 Å². The van der Waals surface area contributed by atoms with Crippen LogP contribution in [0.25, 0.3) is 0 Å². The van der Waals surface area contributed by atoms with Crippen molar-refractivity contribution in [1.82, 2.24) is 24.5 Å². The van der Waals surface area contributed by atoms with Crippen molar-refractivity contribution in [2.24, 2.45) is 5.41 Å². The third-order valence-electron chi connectivity index (χ3n) is 4.63. The lowest BCUT2D eigenvalue weighted by atomic mass is 9.77. The molecule has 0 radical (unpaired) electrons. The number of amides is 1. The number of nitrogens with zero attached hydrogens (tertiary/aromatic N) is 6. The number of nitriles is 1. The summed E-state index contributed by atoms with van der Waals surface area (Å²) in [6.45, 7) is 6.04. The van der Waals surface area contributed by atoms with Crippen molar-refractivity contribution < 1.29 is 4.79 Å². The summed E-state index contributed by atoms with van der Waals surface area (Å²) in [7, 11) is 0. The lowest BCUT2D eigenvalue weighted by Crippen LogP contribution is -2.51. The van der Waals surface area contributed by atoms with E-state index >= 15 is 0 Å². The summed E-state index contributed by atoms with van der Waals surface area (Å²) < 4.78 is 3.56. The number of piperidine rings is 1. The summed E-state index contributed by atoms with van der Waals surface area (Å²) in [5, 5.41) is 18.0. The Balaban J connectivity index is 1.70. The van der Waals surface area contributed by atoms with Crippen LogP contribution < -0.4 is 0 Å². The zero-order chi connectivity index (χ0) is 17.2. The smallest absolute Gasteiger partial charge is 0.275 e. The number of likely N-dealkylation sites (tertiary alicyclic amines) is 1. The number of hydrogen-bond donors (Lipinski definition) is 0. The molecule has 1 atom stereocenters. The molecule has 1 fully saturated rings. The molecule has 0 saturated carbocycles. The Kier molecular flexibility index (Phi) is 4.38. The second-order valence-electron chi connectivity index (χ2n) is 6.86. The SMILES string of the molecule is CC1(C)CCCN(C(=O)c2ccn(CCn3cccn3)n2)C1C#N. The van der Waals surface area contributed by atoms with Gasteiger partial charge in [-0.2, -0.15) is 15.5 Å². The molecule has 1 amide bonds. The van der Waals surface area contributed by atoms with Gasteiger partial charge in [0.1, 0.15) is 11.7 Å². The summed E-state index contributed by atoms with van der Waals surface area (Å²) in [5.41, 5.74) is 0.208. The number of carbonyl (C=O) groups excluding carboxylic acids is 1. The molecule has 24 heavy (non-hydrogen) atoms. The molecule has 2 aromatic rings. The fourth-order valence-corrected chi connectivity index (χ4v) is 3.24. The van der Waals surface area contributed by atoms with E-state index < -0.39 is 6.04 Å². The maximum atomic E-state index is 12.8. The van der Waals surface area contributed by atoms with Gasteiger partial charge in [-0.25, -0.2) is 0 Å². The van der Waals surface area contributed by atoms with Crippen molar-refractivity contribution >= 4 is 5.91 Å². The Morgan fingerprint density at radius 2 is 2.17 bits per heavy atom. The van der Waals surface area contributed by atoms with Gasteiger partial charge < -0.3 is 4.90 Å². The first-order valence-electron chi connectivity index (χ1n) is 8.23. The lowest BCUT2D eigenvalue weighted by Gasteiger charge is -2.42. The standard InChI is InChI=1S/C17H22N6O/c1-17(2)6-3-9-23(15(17)13-18)16(24)14-5-10-22(20-14)12-11-21-8-4-7-19-21/h4-5,7-8,10,15H,3,6,9,11-12H2,1-2H3. The first kappa shape index (κ1) is 16.2. The normalized spacial score (nSPS) is 19.9. The highest BCUT2D eigenvalue weighted by Gasteiger charge is 2.40. The van der Waals surface area contributed by atoms with E-state index in [1.807, 2.05) is 30.8 Å². The maximum absolute atomic E-state index is 12.8. The molecule has 0 aliphatic carbocycles. The summed E-state index contributed by atoms with van der Waals surface area (Å²) in [4.78, 5) is 14.5. The molecule has 1 unspecified atom stereocenters. The van der Waals surface area contributed by atoms with Crippen molar-refractivity contribution in [2.45, 2.75) is 45.8 Å². The molecule has 1 aliphatic rings. The van der Waals surface area contributed by atoms with Crippen LogP contribution in [0.3, 0.4) is 0 Å². The van der Waals surface area contributed by atoms with Gasteiger partial charge in [0.15, 0.2) is 0 Å². The fourth-order valence-electron chi connectivity index (χ4n) is 3.24. The topological polar surface area (TPSA) is 79.7 Å². The lowest BCUT2D eigenvalue weighted by molar-refractivity contribution is 0.0431. The van der Waals surface area contributed by atoms with Crippen LogP contribution in [0, 0.1) is 16.7 Å². The molecule has 0 N–H and O–H groups in total. The van der Waals surface area contributed by atoms with Crippen molar-refractivity contribution in [3.63, 3.8) is 0 Å². The van der Waals surface area contributed by atoms with Gasteiger partial charge in [-0.3, -0.25) is 14.2 Å². The number of aryl methyl sites for hydroxylation is 2. The van der Waals surface area contributed by atoms with E-state index in [0.717, 1.165) is 12.8 Å². The van der Waals surface area contributed by atoms with E-state index in [9.17, 15) is 10.1 Å². The molecule has 7 nitrogen and oxygen atoms in total. The third kappa shape index (κ3) is 3.18. The van der Waals surface area contributed by atoms with E-state index in [2.05, 4.69) is 16.3 Å². The van der Waals surface area contributed by atoms with Crippen LogP contribution in [0.15, 0.2) is 30.7 Å². The van der Waals surface area contributed by atoms with Gasteiger partial charge in [0, 0.05) is 25.1 Å². The molecule has 0 bridgehead atoms. The second kappa shape index (κ2) is 6.48. The molecule has 3 rings (SSSR count). The Morgan fingerprint density at radius 3 is 2.88 bits per heavy atom. The minimum Gasteiger partial charge on any atom is -0.321 e. The van der Waals surface area contributed by atoms with Gasteiger partial charge in [0.25, 0.3) is 5.91 Å². The Bertz CT molecular complexity index is 739. The van der Waals surface area contributed by atoms with Crippen molar-refractivity contribution in [3.05, 3.63) is 36.4 Å². The minimum atomic E-state index is -0.409. The maximum Gasteiger partial charge on any atom is 0.275 e. The molecule has 3 heterocycles. The monoisotopic (exact) mass is 326 g/mol. The van der Waals surface area contributed by atoms with Crippen molar-refractivity contribution in [2.75, 3.05) is 6.54 Å². The average Bonchev–Trinajstić information content (AvgIpc) is 3.22. The molecular weight excluding hydrogens is 304 g/mol. The minimum absolute atomic E-state index is 0.160. The van der Waals surface area contributed by atoms with E-state index in [0.29, 0.717) is 25.3 Å². The number of rotatable bonds is 4. The van der Waals surface area contributed by atoms with Crippen LogP contribution in [-0.4, -0.2) is 43.0 Å². The molecule has 0 aromatic carbocycles. The Hall–Kier alpha value is -2.62. The summed E-state index contributed by atoms with van der Waals surface area (Å²) in [5.74, 6) is -0.160. The highest BCUT2D eigenvalue weighted by Crippen LogP contribution is 2.35. The molecule has 7 heteroatoms. The van der Waals surface area contributed by atoms with Crippen LogP contribution in [0.2, 0.25) is 0 Å². The fraction of sp³-hybridized carbons (Fsp3) is 0.529. The Morgan fingerprint density at radius 1 is 1.38 bits per heavy atom.